The molecule has 2 amide bonds. The van der Waals surface area contributed by atoms with E-state index >= 15 is 0 Å². The van der Waals surface area contributed by atoms with Gasteiger partial charge < -0.3 is 4.74 Å². The van der Waals surface area contributed by atoms with Crippen molar-refractivity contribution < 1.29 is 14.3 Å². The zero-order chi connectivity index (χ0) is 18.8. The fourth-order valence-corrected chi connectivity index (χ4v) is 2.42. The molecule has 1 aromatic carbocycles. The summed E-state index contributed by atoms with van der Waals surface area (Å²) in [6.07, 6.45) is 2.07. The normalized spacial score (nSPS) is 10.3. The van der Waals surface area contributed by atoms with Crippen LogP contribution >= 0.6 is 28.1 Å². The van der Waals surface area contributed by atoms with E-state index in [-0.39, 0.29) is 16.9 Å². The van der Waals surface area contributed by atoms with Gasteiger partial charge in [0.05, 0.1) is 11.1 Å². The lowest BCUT2D eigenvalue weighted by Crippen LogP contribution is -2.48. The van der Waals surface area contributed by atoms with Gasteiger partial charge in [0, 0.05) is 12.0 Å². The van der Waals surface area contributed by atoms with Crippen LogP contribution in [0.3, 0.4) is 0 Å². The van der Waals surface area contributed by atoms with Gasteiger partial charge in [0.15, 0.2) is 5.11 Å². The second-order valence-electron chi connectivity index (χ2n) is 5.88. The third kappa shape index (κ3) is 8.31. The van der Waals surface area contributed by atoms with Gasteiger partial charge >= 0.3 is 0 Å². The largest absolute Gasteiger partial charge is 0.492 e. The number of rotatable bonds is 7. The molecule has 0 spiro atoms. The molecule has 0 bridgehead atoms. The highest BCUT2D eigenvalue weighted by Gasteiger charge is 2.11. The zero-order valence-corrected chi connectivity index (χ0v) is 17.1. The monoisotopic (exact) mass is 429 g/mol. The number of hydrogen-bond acceptors (Lipinski definition) is 4. The summed E-state index contributed by atoms with van der Waals surface area (Å²) in [5.41, 5.74) is 5.34. The first kappa shape index (κ1) is 21.4. The first-order chi connectivity index (χ1) is 11.8. The van der Waals surface area contributed by atoms with Gasteiger partial charge in [-0.05, 0) is 65.1 Å². The van der Waals surface area contributed by atoms with E-state index in [0.29, 0.717) is 34.7 Å². The maximum Gasteiger partial charge on any atom is 0.257 e. The molecule has 138 valence electrons. The van der Waals surface area contributed by atoms with Crippen LogP contribution in [0.5, 0.6) is 5.75 Å². The first-order valence-corrected chi connectivity index (χ1v) is 9.36. The smallest absolute Gasteiger partial charge is 0.257 e. The highest BCUT2D eigenvalue weighted by Crippen LogP contribution is 2.26. The Morgan fingerprint density at radius 3 is 2.60 bits per heavy atom. The van der Waals surface area contributed by atoms with E-state index < -0.39 is 0 Å². The summed E-state index contributed by atoms with van der Waals surface area (Å²) in [6.45, 7) is 6.78. The lowest BCUT2D eigenvalue weighted by atomic mass is 10.1. The number of thiocarbonyl (C=S) groups is 1. The van der Waals surface area contributed by atoms with Crippen LogP contribution in [0.2, 0.25) is 0 Å². The van der Waals surface area contributed by atoms with Crippen molar-refractivity contribution in [3.05, 3.63) is 28.2 Å². The van der Waals surface area contributed by atoms with Crippen molar-refractivity contribution in [2.75, 3.05) is 6.61 Å². The molecule has 1 aromatic rings. The van der Waals surface area contributed by atoms with E-state index in [1.165, 1.54) is 0 Å². The third-order valence-corrected chi connectivity index (χ3v) is 3.99. The minimum Gasteiger partial charge on any atom is -0.492 e. The Morgan fingerprint density at radius 2 is 2.00 bits per heavy atom. The van der Waals surface area contributed by atoms with Gasteiger partial charge in [-0.2, -0.15) is 0 Å². The second-order valence-corrected chi connectivity index (χ2v) is 7.15. The molecule has 0 aliphatic rings. The van der Waals surface area contributed by atoms with E-state index in [4.69, 9.17) is 17.0 Å². The van der Waals surface area contributed by atoms with Gasteiger partial charge in [-0.25, -0.2) is 0 Å². The molecule has 0 saturated carbocycles. The summed E-state index contributed by atoms with van der Waals surface area (Å²) < 4.78 is 6.38. The van der Waals surface area contributed by atoms with Crippen LogP contribution in [0.15, 0.2) is 22.7 Å². The van der Waals surface area contributed by atoms with Crippen LogP contribution in [-0.4, -0.2) is 23.5 Å². The van der Waals surface area contributed by atoms with Gasteiger partial charge in [-0.3, -0.25) is 25.8 Å². The molecule has 0 aliphatic heterocycles. The number of hydrazine groups is 1. The summed E-state index contributed by atoms with van der Waals surface area (Å²) in [6, 6.07) is 5.06. The maximum atomic E-state index is 12.2. The third-order valence-electron chi connectivity index (χ3n) is 3.17. The molecule has 3 N–H and O–H groups in total. The van der Waals surface area contributed by atoms with E-state index in [2.05, 4.69) is 45.9 Å². The molecule has 0 aliphatic carbocycles. The van der Waals surface area contributed by atoms with E-state index in [1.54, 1.807) is 18.2 Å². The van der Waals surface area contributed by atoms with Crippen molar-refractivity contribution in [1.82, 2.24) is 16.2 Å². The number of nitrogens with one attached hydrogen (secondary N) is 3. The van der Waals surface area contributed by atoms with Crippen LogP contribution in [0, 0.1) is 5.92 Å². The van der Waals surface area contributed by atoms with E-state index in [1.807, 2.05) is 6.92 Å². The Morgan fingerprint density at radius 1 is 1.28 bits per heavy atom. The van der Waals surface area contributed by atoms with Crippen molar-refractivity contribution in [3.8, 4) is 5.75 Å². The number of carbonyl (C=O) groups is 2. The molecule has 1 rings (SSSR count). The predicted molar refractivity (Wildman–Crippen MR) is 105 cm³/mol. The Labute approximate surface area is 162 Å². The fourth-order valence-electron chi connectivity index (χ4n) is 1.79. The van der Waals surface area contributed by atoms with Crippen molar-refractivity contribution in [2.24, 2.45) is 5.92 Å². The van der Waals surface area contributed by atoms with Crippen LogP contribution in [0.25, 0.3) is 0 Å². The standard InChI is InChI=1S/C17H24BrN3O3S/c1-4-5-15(22)20-21-17(25)19-16(23)12-6-7-14(13(18)10-12)24-9-8-11(2)3/h6-7,10-11H,4-5,8-9H2,1-3H3,(H,20,22)(H2,19,21,23,25). The van der Waals surface area contributed by atoms with Crippen LogP contribution < -0.4 is 20.9 Å². The lowest BCUT2D eigenvalue weighted by molar-refractivity contribution is -0.121. The van der Waals surface area contributed by atoms with Gasteiger partial charge in [-0.1, -0.05) is 20.8 Å². The molecule has 0 saturated heterocycles. The highest BCUT2D eigenvalue weighted by atomic mass is 79.9. The van der Waals surface area contributed by atoms with E-state index in [0.717, 1.165) is 12.8 Å². The zero-order valence-electron chi connectivity index (χ0n) is 14.6. The Balaban J connectivity index is 2.54. The molecule has 0 radical (unpaired) electrons. The second kappa shape index (κ2) is 11.0. The van der Waals surface area contributed by atoms with Gasteiger partial charge in [0.1, 0.15) is 5.75 Å². The maximum absolute atomic E-state index is 12.2. The number of halogens is 1. The van der Waals surface area contributed by atoms with E-state index in [9.17, 15) is 9.59 Å². The molecular weight excluding hydrogens is 406 g/mol. The lowest BCUT2D eigenvalue weighted by Gasteiger charge is -2.12. The SMILES string of the molecule is CCCC(=O)NNC(=S)NC(=O)c1ccc(OCCC(C)C)c(Br)c1. The summed E-state index contributed by atoms with van der Waals surface area (Å²) >= 11 is 8.38. The summed E-state index contributed by atoms with van der Waals surface area (Å²) in [7, 11) is 0. The van der Waals surface area contributed by atoms with Crippen molar-refractivity contribution in [3.63, 3.8) is 0 Å². The number of hydrogen-bond donors (Lipinski definition) is 3. The highest BCUT2D eigenvalue weighted by molar-refractivity contribution is 9.10. The molecule has 0 atom stereocenters. The Kier molecular flexibility index (Phi) is 9.44. The molecule has 0 aromatic heterocycles. The topological polar surface area (TPSA) is 79.5 Å². The van der Waals surface area contributed by atoms with Crippen molar-refractivity contribution >= 4 is 45.1 Å². The van der Waals surface area contributed by atoms with Gasteiger partial charge in [0.25, 0.3) is 5.91 Å². The minimum absolute atomic E-state index is 0.0304. The summed E-state index contributed by atoms with van der Waals surface area (Å²) in [5.74, 6) is 0.682. The van der Waals surface area contributed by atoms with Gasteiger partial charge in [0.2, 0.25) is 5.91 Å². The number of amides is 2. The summed E-state index contributed by atoms with van der Waals surface area (Å²) in [4.78, 5) is 23.5. The molecule has 8 heteroatoms. The first-order valence-electron chi connectivity index (χ1n) is 8.16. The van der Waals surface area contributed by atoms with Crippen LogP contribution in [-0.2, 0) is 4.79 Å². The number of ether oxygens (including phenoxy) is 1. The molecule has 0 unspecified atom stereocenters. The van der Waals surface area contributed by atoms with Crippen molar-refractivity contribution in [2.45, 2.75) is 40.0 Å². The Bertz CT molecular complexity index is 623. The number of benzene rings is 1. The average molecular weight is 430 g/mol. The summed E-state index contributed by atoms with van der Waals surface area (Å²) in [5, 5.41) is 2.53. The average Bonchev–Trinajstić information content (AvgIpc) is 2.54. The number of carbonyl (C=O) groups excluding carboxylic acids is 2. The Hall–Kier alpha value is -1.67. The molecule has 0 fully saturated rings. The molecule has 25 heavy (non-hydrogen) atoms. The van der Waals surface area contributed by atoms with Crippen LogP contribution in [0.1, 0.15) is 50.4 Å². The predicted octanol–water partition coefficient (Wildman–Crippen LogP) is 3.31. The molecule has 6 nitrogen and oxygen atoms in total. The molecular formula is C17H24BrN3O3S. The fraction of sp³-hybridized carbons (Fsp3) is 0.471. The minimum atomic E-state index is -0.378. The van der Waals surface area contributed by atoms with Crippen LogP contribution in [0.4, 0.5) is 0 Å². The van der Waals surface area contributed by atoms with Gasteiger partial charge in [-0.15, -0.1) is 0 Å². The quantitative estimate of drug-likeness (QED) is 0.457. The molecule has 0 heterocycles. The van der Waals surface area contributed by atoms with Crippen molar-refractivity contribution in [1.29, 1.82) is 0 Å².